The van der Waals surface area contributed by atoms with Crippen LogP contribution in [0.25, 0.3) is 0 Å². The predicted octanol–water partition coefficient (Wildman–Crippen LogP) is 0.932. The van der Waals surface area contributed by atoms with E-state index in [0.29, 0.717) is 5.75 Å². The first-order valence-corrected chi connectivity index (χ1v) is 4.51. The summed E-state index contributed by atoms with van der Waals surface area (Å²) >= 11 is 0. The maximum atomic E-state index is 9.32. The van der Waals surface area contributed by atoms with Crippen LogP contribution in [0.3, 0.4) is 0 Å². The summed E-state index contributed by atoms with van der Waals surface area (Å²) in [5.74, 6) is 0.343. The van der Waals surface area contributed by atoms with Gasteiger partial charge in [0.25, 0.3) is 0 Å². The third-order valence-electron chi connectivity index (χ3n) is 2.41. The molecule has 3 nitrogen and oxygen atoms in total. The van der Waals surface area contributed by atoms with Crippen molar-refractivity contribution in [3.05, 3.63) is 23.8 Å². The number of hydrogen-bond acceptors (Lipinski definition) is 3. The van der Waals surface area contributed by atoms with Gasteiger partial charge in [-0.2, -0.15) is 0 Å². The first-order chi connectivity index (χ1) is 6.27. The molecule has 0 saturated heterocycles. The molecule has 1 heterocycles. The second-order valence-corrected chi connectivity index (χ2v) is 3.41. The van der Waals surface area contributed by atoms with E-state index < -0.39 is 0 Å². The molecule has 3 heteroatoms. The number of benzene rings is 1. The van der Waals surface area contributed by atoms with E-state index in [1.165, 1.54) is 11.3 Å². The third kappa shape index (κ3) is 1.60. The molecule has 0 spiro atoms. The van der Waals surface area contributed by atoms with Gasteiger partial charge in [0.05, 0.1) is 0 Å². The van der Waals surface area contributed by atoms with E-state index in [9.17, 15) is 5.11 Å². The van der Waals surface area contributed by atoms with Gasteiger partial charge in [-0.25, -0.2) is 0 Å². The minimum absolute atomic E-state index is 0.343. The van der Waals surface area contributed by atoms with E-state index in [-0.39, 0.29) is 0 Å². The van der Waals surface area contributed by atoms with Gasteiger partial charge in [-0.05, 0) is 23.8 Å². The summed E-state index contributed by atoms with van der Waals surface area (Å²) in [6, 6.07) is 5.53. The van der Waals surface area contributed by atoms with E-state index >= 15 is 0 Å². The van der Waals surface area contributed by atoms with Gasteiger partial charge < -0.3 is 15.3 Å². The number of nitrogens with one attached hydrogen (secondary N) is 1. The molecule has 70 valence electrons. The fraction of sp³-hybridized carbons (Fsp3) is 0.400. The summed E-state index contributed by atoms with van der Waals surface area (Å²) in [4.78, 5) is 2.20. The van der Waals surface area contributed by atoms with Gasteiger partial charge >= 0.3 is 0 Å². The van der Waals surface area contributed by atoms with Crippen molar-refractivity contribution >= 4 is 5.69 Å². The number of aromatic hydroxyl groups is 1. The number of likely N-dealkylation sites (N-methyl/N-ethyl adjacent to an activating group) is 1. The van der Waals surface area contributed by atoms with Crippen LogP contribution in [0.4, 0.5) is 5.69 Å². The van der Waals surface area contributed by atoms with Gasteiger partial charge in [0.1, 0.15) is 5.75 Å². The molecule has 0 saturated carbocycles. The largest absolute Gasteiger partial charge is 0.508 e. The van der Waals surface area contributed by atoms with Gasteiger partial charge in [-0.3, -0.25) is 0 Å². The molecule has 0 unspecified atom stereocenters. The molecule has 2 rings (SSSR count). The zero-order valence-electron chi connectivity index (χ0n) is 7.75. The van der Waals surface area contributed by atoms with Crippen molar-refractivity contribution in [3.8, 4) is 5.75 Å². The Hall–Kier alpha value is -1.22. The lowest BCUT2D eigenvalue weighted by atomic mass is 10.1. The van der Waals surface area contributed by atoms with Gasteiger partial charge in [-0.1, -0.05) is 0 Å². The van der Waals surface area contributed by atoms with E-state index in [2.05, 4.69) is 17.3 Å². The standard InChI is InChI=1S/C10H14N2O/c1-12-5-4-11-7-8-6-9(13)2-3-10(8)12/h2-3,6,11,13H,4-5,7H2,1H3. The first-order valence-electron chi connectivity index (χ1n) is 4.51. The van der Waals surface area contributed by atoms with Crippen molar-refractivity contribution in [2.24, 2.45) is 0 Å². The molecule has 0 amide bonds. The van der Waals surface area contributed by atoms with Crippen molar-refractivity contribution in [1.29, 1.82) is 0 Å². The van der Waals surface area contributed by atoms with Gasteiger partial charge in [0.2, 0.25) is 0 Å². The highest BCUT2D eigenvalue weighted by atomic mass is 16.3. The minimum atomic E-state index is 0.343. The Morgan fingerprint density at radius 1 is 1.46 bits per heavy atom. The first kappa shape index (κ1) is 8.38. The zero-order valence-corrected chi connectivity index (χ0v) is 7.75. The molecule has 0 radical (unpaired) electrons. The molecule has 1 aliphatic heterocycles. The Kier molecular flexibility index (Phi) is 2.10. The number of hydrogen-bond donors (Lipinski definition) is 2. The SMILES string of the molecule is CN1CCNCc2cc(O)ccc21. The molecule has 0 bridgehead atoms. The highest BCUT2D eigenvalue weighted by Crippen LogP contribution is 2.24. The van der Waals surface area contributed by atoms with Crippen LogP contribution in [-0.2, 0) is 6.54 Å². The van der Waals surface area contributed by atoms with E-state index in [1.807, 2.05) is 12.1 Å². The number of phenolic OH excluding ortho intramolecular Hbond substituents is 1. The summed E-state index contributed by atoms with van der Waals surface area (Å²) < 4.78 is 0. The zero-order chi connectivity index (χ0) is 9.26. The lowest BCUT2D eigenvalue weighted by molar-refractivity contribution is 0.474. The molecule has 0 aliphatic carbocycles. The maximum Gasteiger partial charge on any atom is 0.116 e. The van der Waals surface area contributed by atoms with Crippen LogP contribution in [0, 0.1) is 0 Å². The smallest absolute Gasteiger partial charge is 0.116 e. The van der Waals surface area contributed by atoms with Crippen LogP contribution < -0.4 is 10.2 Å². The van der Waals surface area contributed by atoms with Crippen LogP contribution in [-0.4, -0.2) is 25.2 Å². The van der Waals surface area contributed by atoms with Crippen molar-refractivity contribution in [3.63, 3.8) is 0 Å². The molecule has 1 aliphatic rings. The second kappa shape index (κ2) is 3.26. The molecule has 1 aromatic carbocycles. The average molecular weight is 178 g/mol. The molecule has 13 heavy (non-hydrogen) atoms. The van der Waals surface area contributed by atoms with Crippen LogP contribution >= 0.6 is 0 Å². The Labute approximate surface area is 78.0 Å². The van der Waals surface area contributed by atoms with Gasteiger partial charge in [0, 0.05) is 32.4 Å². The summed E-state index contributed by atoms with van der Waals surface area (Å²) in [5, 5.41) is 12.6. The minimum Gasteiger partial charge on any atom is -0.508 e. The van der Waals surface area contributed by atoms with Gasteiger partial charge in [-0.15, -0.1) is 0 Å². The van der Waals surface area contributed by atoms with E-state index in [1.54, 1.807) is 6.07 Å². The Morgan fingerprint density at radius 2 is 2.31 bits per heavy atom. The number of fused-ring (bicyclic) bond motifs is 1. The average Bonchev–Trinajstić information content (AvgIpc) is 2.28. The predicted molar refractivity (Wildman–Crippen MR) is 53.1 cm³/mol. The molecule has 1 aromatic rings. The fourth-order valence-corrected chi connectivity index (χ4v) is 1.68. The van der Waals surface area contributed by atoms with Crippen molar-refractivity contribution < 1.29 is 5.11 Å². The molecule has 0 atom stereocenters. The second-order valence-electron chi connectivity index (χ2n) is 3.41. The molecular weight excluding hydrogens is 164 g/mol. The van der Waals surface area contributed by atoms with Crippen LogP contribution in [0.2, 0.25) is 0 Å². The quantitative estimate of drug-likeness (QED) is 0.620. The van der Waals surface area contributed by atoms with E-state index in [0.717, 1.165) is 19.6 Å². The number of anilines is 1. The van der Waals surface area contributed by atoms with E-state index in [4.69, 9.17) is 0 Å². The highest BCUT2D eigenvalue weighted by molar-refractivity contribution is 5.56. The number of nitrogens with zero attached hydrogens (tertiary/aromatic N) is 1. The van der Waals surface area contributed by atoms with Crippen molar-refractivity contribution in [1.82, 2.24) is 5.32 Å². The highest BCUT2D eigenvalue weighted by Gasteiger charge is 2.11. The number of phenols is 1. The summed E-state index contributed by atoms with van der Waals surface area (Å²) in [6.45, 7) is 2.85. The lowest BCUT2D eigenvalue weighted by Gasteiger charge is -2.18. The Balaban J connectivity index is 2.42. The lowest BCUT2D eigenvalue weighted by Crippen LogP contribution is -2.24. The third-order valence-corrected chi connectivity index (χ3v) is 2.41. The molecular formula is C10H14N2O. The molecule has 0 fully saturated rings. The maximum absolute atomic E-state index is 9.32. The Morgan fingerprint density at radius 3 is 3.15 bits per heavy atom. The Bertz CT molecular complexity index is 312. The van der Waals surface area contributed by atoms with Crippen molar-refractivity contribution in [2.75, 3.05) is 25.0 Å². The van der Waals surface area contributed by atoms with Crippen LogP contribution in [0.5, 0.6) is 5.75 Å². The van der Waals surface area contributed by atoms with Crippen LogP contribution in [0.1, 0.15) is 5.56 Å². The number of rotatable bonds is 0. The fourth-order valence-electron chi connectivity index (χ4n) is 1.68. The summed E-state index contributed by atoms with van der Waals surface area (Å²) in [6.07, 6.45) is 0. The molecule has 0 aromatic heterocycles. The monoisotopic (exact) mass is 178 g/mol. The normalized spacial score (nSPS) is 16.5. The summed E-state index contributed by atoms with van der Waals surface area (Å²) in [5.41, 5.74) is 2.38. The van der Waals surface area contributed by atoms with Crippen LogP contribution in [0.15, 0.2) is 18.2 Å². The molecule has 2 N–H and O–H groups in total. The topological polar surface area (TPSA) is 35.5 Å². The van der Waals surface area contributed by atoms with Crippen molar-refractivity contribution in [2.45, 2.75) is 6.54 Å². The summed E-state index contributed by atoms with van der Waals surface area (Å²) in [7, 11) is 2.07. The van der Waals surface area contributed by atoms with Gasteiger partial charge in [0.15, 0.2) is 0 Å².